The lowest BCUT2D eigenvalue weighted by Gasteiger charge is -2.28. The number of benzene rings is 2. The highest BCUT2D eigenvalue weighted by Gasteiger charge is 2.23. The zero-order valence-corrected chi connectivity index (χ0v) is 11.1. The van der Waals surface area contributed by atoms with Crippen molar-refractivity contribution in [2.45, 2.75) is 13.0 Å². The van der Waals surface area contributed by atoms with Crippen molar-refractivity contribution in [1.82, 2.24) is 4.90 Å². The van der Waals surface area contributed by atoms with Gasteiger partial charge in [-0.05, 0) is 35.7 Å². The summed E-state index contributed by atoms with van der Waals surface area (Å²) in [5, 5.41) is 0. The number of carbonyl (C=O) groups is 1. The molecule has 2 aromatic carbocycles. The van der Waals surface area contributed by atoms with Crippen molar-refractivity contribution in [1.29, 1.82) is 0 Å². The summed E-state index contributed by atoms with van der Waals surface area (Å²) in [6.45, 7) is 1.16. The molecule has 1 aliphatic heterocycles. The van der Waals surface area contributed by atoms with E-state index in [0.717, 1.165) is 17.7 Å². The van der Waals surface area contributed by atoms with E-state index in [1.54, 1.807) is 17.0 Å². The molecule has 0 radical (unpaired) electrons. The summed E-state index contributed by atoms with van der Waals surface area (Å²) in [5.74, 6) is 0.560. The van der Waals surface area contributed by atoms with Gasteiger partial charge in [0.25, 0.3) is 0 Å². The van der Waals surface area contributed by atoms with Gasteiger partial charge in [-0.25, -0.2) is 4.79 Å². The lowest BCUT2D eigenvalue weighted by atomic mass is 9.98. The Kier molecular flexibility index (Phi) is 3.29. The molecule has 0 saturated heterocycles. The molecule has 4 heteroatoms. The number of carbonyl (C=O) groups excluding carboxylic acids is 1. The number of ether oxygens (including phenoxy) is 1. The molecule has 1 heterocycles. The first-order valence-electron chi connectivity index (χ1n) is 6.62. The van der Waals surface area contributed by atoms with Crippen molar-refractivity contribution in [3.05, 3.63) is 59.7 Å². The number of para-hydroxylation sites is 1. The number of nitrogens with zero attached hydrogens (tertiary/aromatic N) is 1. The molecule has 4 nitrogen and oxygen atoms in total. The maximum Gasteiger partial charge on any atom is 0.415 e. The molecule has 1 amide bonds. The maximum absolute atomic E-state index is 12.2. The van der Waals surface area contributed by atoms with Crippen LogP contribution in [0, 0.1) is 0 Å². The minimum atomic E-state index is -0.329. The molecule has 2 aromatic rings. The Morgan fingerprint density at radius 1 is 1.10 bits per heavy atom. The van der Waals surface area contributed by atoms with Crippen LogP contribution in [-0.2, 0) is 13.0 Å². The Labute approximate surface area is 117 Å². The highest BCUT2D eigenvalue weighted by atomic mass is 16.6. The molecule has 0 unspecified atom stereocenters. The number of anilines is 1. The van der Waals surface area contributed by atoms with Gasteiger partial charge in [0.05, 0.1) is 6.54 Å². The Hall–Kier alpha value is -2.49. The van der Waals surface area contributed by atoms with Crippen molar-refractivity contribution >= 4 is 11.8 Å². The second-order valence-electron chi connectivity index (χ2n) is 4.84. The quantitative estimate of drug-likeness (QED) is 0.809. The molecule has 3 rings (SSSR count). The lowest BCUT2D eigenvalue weighted by Crippen LogP contribution is -2.38. The number of rotatable bonds is 1. The van der Waals surface area contributed by atoms with Crippen LogP contribution in [0.1, 0.15) is 11.1 Å². The van der Waals surface area contributed by atoms with Crippen molar-refractivity contribution in [2.75, 3.05) is 12.3 Å². The highest BCUT2D eigenvalue weighted by Crippen LogP contribution is 2.24. The van der Waals surface area contributed by atoms with Crippen LogP contribution in [0.25, 0.3) is 0 Å². The number of hydrogen-bond donors (Lipinski definition) is 1. The van der Waals surface area contributed by atoms with E-state index in [-0.39, 0.29) is 6.09 Å². The summed E-state index contributed by atoms with van der Waals surface area (Å²) in [6, 6.07) is 15.0. The molecule has 0 bridgehead atoms. The highest BCUT2D eigenvalue weighted by molar-refractivity contribution is 5.71. The summed E-state index contributed by atoms with van der Waals surface area (Å²) < 4.78 is 5.35. The smallest absolute Gasteiger partial charge is 0.410 e. The summed E-state index contributed by atoms with van der Waals surface area (Å²) in [5.41, 5.74) is 8.96. The fraction of sp³-hybridized carbons (Fsp3) is 0.188. The SMILES string of the molecule is Nc1cccc2c1CN(C(=O)Oc1ccccc1)CC2. The van der Waals surface area contributed by atoms with Crippen LogP contribution in [0.15, 0.2) is 48.5 Å². The minimum absolute atomic E-state index is 0.329. The number of nitrogen functional groups attached to an aromatic ring is 1. The predicted molar refractivity (Wildman–Crippen MR) is 77.4 cm³/mol. The van der Waals surface area contributed by atoms with E-state index in [0.29, 0.717) is 18.8 Å². The summed E-state index contributed by atoms with van der Waals surface area (Å²) in [6.07, 6.45) is 0.481. The van der Waals surface area contributed by atoms with Gasteiger partial charge in [-0.1, -0.05) is 30.3 Å². The fourth-order valence-corrected chi connectivity index (χ4v) is 2.42. The molecule has 0 spiro atoms. The van der Waals surface area contributed by atoms with Crippen molar-refractivity contribution < 1.29 is 9.53 Å². The van der Waals surface area contributed by atoms with Gasteiger partial charge in [-0.15, -0.1) is 0 Å². The van der Waals surface area contributed by atoms with Gasteiger partial charge in [-0.2, -0.15) is 0 Å². The van der Waals surface area contributed by atoms with Gasteiger partial charge < -0.3 is 15.4 Å². The topological polar surface area (TPSA) is 55.6 Å². The summed E-state index contributed by atoms with van der Waals surface area (Å²) in [7, 11) is 0. The standard InChI is InChI=1S/C16H16N2O2/c17-15-8-4-5-12-9-10-18(11-14(12)15)16(19)20-13-6-2-1-3-7-13/h1-8H,9-11,17H2. The third kappa shape index (κ3) is 2.45. The molecule has 0 saturated carbocycles. The van der Waals surface area contributed by atoms with Crippen molar-refractivity contribution in [3.63, 3.8) is 0 Å². The number of fused-ring (bicyclic) bond motifs is 1. The van der Waals surface area contributed by atoms with E-state index in [1.165, 1.54) is 5.56 Å². The summed E-state index contributed by atoms with van der Waals surface area (Å²) >= 11 is 0. The normalized spacial score (nSPS) is 13.7. The molecule has 20 heavy (non-hydrogen) atoms. The molecule has 0 atom stereocenters. The third-order valence-electron chi connectivity index (χ3n) is 3.52. The molecule has 2 N–H and O–H groups in total. The lowest BCUT2D eigenvalue weighted by molar-refractivity contribution is 0.147. The largest absolute Gasteiger partial charge is 0.415 e. The number of hydrogen-bond acceptors (Lipinski definition) is 3. The Bertz CT molecular complexity index is 626. The van der Waals surface area contributed by atoms with Gasteiger partial charge >= 0.3 is 6.09 Å². The molecular formula is C16H16N2O2. The number of nitrogens with two attached hydrogens (primary N) is 1. The maximum atomic E-state index is 12.2. The van der Waals surface area contributed by atoms with E-state index in [4.69, 9.17) is 10.5 Å². The van der Waals surface area contributed by atoms with Gasteiger partial charge in [0.1, 0.15) is 5.75 Å². The van der Waals surface area contributed by atoms with E-state index in [2.05, 4.69) is 6.07 Å². The first kappa shape index (κ1) is 12.5. The van der Waals surface area contributed by atoms with E-state index in [9.17, 15) is 4.79 Å². The number of amides is 1. The molecule has 1 aliphatic rings. The fourth-order valence-electron chi connectivity index (χ4n) is 2.42. The van der Waals surface area contributed by atoms with Crippen LogP contribution >= 0.6 is 0 Å². The molecule has 0 fully saturated rings. The van der Waals surface area contributed by atoms with E-state index < -0.39 is 0 Å². The van der Waals surface area contributed by atoms with Gasteiger partial charge in [0, 0.05) is 12.2 Å². The average molecular weight is 268 g/mol. The Balaban J connectivity index is 1.74. The van der Waals surface area contributed by atoms with Gasteiger partial charge in [-0.3, -0.25) is 0 Å². The van der Waals surface area contributed by atoms with Crippen molar-refractivity contribution in [3.8, 4) is 5.75 Å². The second kappa shape index (κ2) is 5.25. The van der Waals surface area contributed by atoms with Crippen LogP contribution in [0.2, 0.25) is 0 Å². The first-order chi connectivity index (χ1) is 9.74. The van der Waals surface area contributed by atoms with Crippen LogP contribution in [0.4, 0.5) is 10.5 Å². The van der Waals surface area contributed by atoms with Gasteiger partial charge in [0.15, 0.2) is 0 Å². The second-order valence-corrected chi connectivity index (χ2v) is 4.84. The first-order valence-corrected chi connectivity index (χ1v) is 6.62. The van der Waals surface area contributed by atoms with Crippen LogP contribution in [-0.4, -0.2) is 17.5 Å². The molecule has 0 aromatic heterocycles. The van der Waals surface area contributed by atoms with Gasteiger partial charge in [0.2, 0.25) is 0 Å². The monoisotopic (exact) mass is 268 g/mol. The predicted octanol–water partition coefficient (Wildman–Crippen LogP) is 2.83. The Morgan fingerprint density at radius 2 is 1.90 bits per heavy atom. The molecule has 0 aliphatic carbocycles. The van der Waals surface area contributed by atoms with Crippen LogP contribution in [0.5, 0.6) is 5.75 Å². The summed E-state index contributed by atoms with van der Waals surface area (Å²) in [4.78, 5) is 13.8. The Morgan fingerprint density at radius 3 is 2.70 bits per heavy atom. The van der Waals surface area contributed by atoms with Crippen LogP contribution in [0.3, 0.4) is 0 Å². The zero-order chi connectivity index (χ0) is 13.9. The minimum Gasteiger partial charge on any atom is -0.410 e. The van der Waals surface area contributed by atoms with Crippen molar-refractivity contribution in [2.24, 2.45) is 0 Å². The van der Waals surface area contributed by atoms with E-state index in [1.807, 2.05) is 30.3 Å². The molecule has 102 valence electrons. The third-order valence-corrected chi connectivity index (χ3v) is 3.52. The molecular weight excluding hydrogens is 252 g/mol. The average Bonchev–Trinajstić information content (AvgIpc) is 2.48. The van der Waals surface area contributed by atoms with E-state index >= 15 is 0 Å². The zero-order valence-electron chi connectivity index (χ0n) is 11.1. The van der Waals surface area contributed by atoms with Crippen LogP contribution < -0.4 is 10.5 Å².